The summed E-state index contributed by atoms with van der Waals surface area (Å²) in [6.45, 7) is 7.31. The lowest BCUT2D eigenvalue weighted by Gasteiger charge is -2.17. The Balaban J connectivity index is 2.43. The van der Waals surface area contributed by atoms with E-state index in [0.717, 1.165) is 5.69 Å². The zero-order chi connectivity index (χ0) is 17.2. The maximum absolute atomic E-state index is 12.4. The van der Waals surface area contributed by atoms with Gasteiger partial charge in [0.25, 0.3) is 5.91 Å². The van der Waals surface area contributed by atoms with Crippen LogP contribution in [0.3, 0.4) is 0 Å². The number of aromatic nitrogens is 2. The quantitative estimate of drug-likeness (QED) is 0.907. The number of carbonyl (C=O) groups excluding carboxylic acids is 1. The molecule has 23 heavy (non-hydrogen) atoms. The molecule has 1 amide bonds. The van der Waals surface area contributed by atoms with Crippen molar-refractivity contribution in [2.75, 3.05) is 0 Å². The Morgan fingerprint density at radius 1 is 1.22 bits per heavy atom. The summed E-state index contributed by atoms with van der Waals surface area (Å²) in [7, 11) is 0. The molecule has 6 nitrogen and oxygen atoms in total. The number of nitrogens with zero attached hydrogens (tertiary/aromatic N) is 2. The molecule has 2 rings (SSSR count). The van der Waals surface area contributed by atoms with Gasteiger partial charge in [-0.05, 0) is 19.1 Å². The van der Waals surface area contributed by atoms with Gasteiger partial charge in [-0.2, -0.15) is 5.10 Å². The van der Waals surface area contributed by atoms with Gasteiger partial charge in [-0.1, -0.05) is 39.0 Å². The van der Waals surface area contributed by atoms with Crippen LogP contribution in [0.1, 0.15) is 43.7 Å². The van der Waals surface area contributed by atoms with Crippen LogP contribution in [-0.2, 0) is 10.2 Å². The van der Waals surface area contributed by atoms with E-state index in [1.807, 2.05) is 51.1 Å². The van der Waals surface area contributed by atoms with Crippen molar-refractivity contribution in [3.05, 3.63) is 47.8 Å². The first kappa shape index (κ1) is 16.7. The lowest BCUT2D eigenvalue weighted by molar-refractivity contribution is -0.138. The zero-order valence-electron chi connectivity index (χ0n) is 13.7. The van der Waals surface area contributed by atoms with Gasteiger partial charge in [0.2, 0.25) is 0 Å². The molecule has 0 bridgehead atoms. The SMILES string of the molecule is C[C@H](NC(=O)c1cn(-c2ccccc2)nc1C(C)(C)C)C(=O)O. The fourth-order valence-corrected chi connectivity index (χ4v) is 2.14. The minimum Gasteiger partial charge on any atom is -0.480 e. The molecule has 2 N–H and O–H groups in total. The number of amides is 1. The van der Waals surface area contributed by atoms with Crippen molar-refractivity contribution in [2.45, 2.75) is 39.2 Å². The van der Waals surface area contributed by atoms with E-state index >= 15 is 0 Å². The summed E-state index contributed by atoms with van der Waals surface area (Å²) in [5.74, 6) is -1.52. The van der Waals surface area contributed by atoms with E-state index in [1.54, 1.807) is 10.9 Å². The third-order valence-electron chi connectivity index (χ3n) is 3.41. The van der Waals surface area contributed by atoms with Crippen LogP contribution in [0.25, 0.3) is 5.69 Å². The lowest BCUT2D eigenvalue weighted by atomic mass is 9.89. The maximum Gasteiger partial charge on any atom is 0.325 e. The van der Waals surface area contributed by atoms with Crippen LogP contribution >= 0.6 is 0 Å². The number of carboxylic acid groups (broad SMARTS) is 1. The Bertz CT molecular complexity index is 714. The lowest BCUT2D eigenvalue weighted by Crippen LogP contribution is -2.39. The first-order chi connectivity index (χ1) is 10.7. The minimum atomic E-state index is -1.08. The summed E-state index contributed by atoms with van der Waals surface area (Å²) in [6.07, 6.45) is 1.64. The van der Waals surface area contributed by atoms with Gasteiger partial charge in [0, 0.05) is 11.6 Å². The molecule has 0 spiro atoms. The Hall–Kier alpha value is -2.63. The molecule has 0 saturated heterocycles. The number of para-hydroxylation sites is 1. The Kier molecular flexibility index (Phi) is 4.54. The van der Waals surface area contributed by atoms with E-state index in [4.69, 9.17) is 5.11 Å². The van der Waals surface area contributed by atoms with E-state index in [9.17, 15) is 9.59 Å². The van der Waals surface area contributed by atoms with Crippen LogP contribution in [0, 0.1) is 0 Å². The van der Waals surface area contributed by atoms with E-state index in [1.165, 1.54) is 6.92 Å². The summed E-state index contributed by atoms with van der Waals surface area (Å²) in [5.41, 5.74) is 1.49. The number of carboxylic acids is 1. The van der Waals surface area contributed by atoms with Crippen LogP contribution < -0.4 is 5.32 Å². The third-order valence-corrected chi connectivity index (χ3v) is 3.41. The first-order valence-electron chi connectivity index (χ1n) is 7.39. The Morgan fingerprint density at radius 3 is 2.35 bits per heavy atom. The summed E-state index contributed by atoms with van der Waals surface area (Å²) in [5, 5.41) is 16.0. The molecule has 1 aromatic carbocycles. The molecule has 0 unspecified atom stereocenters. The van der Waals surface area contributed by atoms with Crippen molar-refractivity contribution in [2.24, 2.45) is 0 Å². The van der Waals surface area contributed by atoms with Crippen LogP contribution in [0.15, 0.2) is 36.5 Å². The summed E-state index contributed by atoms with van der Waals surface area (Å²) in [6, 6.07) is 8.50. The molecule has 2 aromatic rings. The second-order valence-electron chi connectivity index (χ2n) is 6.45. The van der Waals surface area contributed by atoms with Crippen molar-refractivity contribution in [1.29, 1.82) is 0 Å². The van der Waals surface area contributed by atoms with E-state index in [0.29, 0.717) is 11.3 Å². The van der Waals surface area contributed by atoms with Crippen molar-refractivity contribution < 1.29 is 14.7 Å². The van der Waals surface area contributed by atoms with Gasteiger partial charge in [-0.25, -0.2) is 4.68 Å². The van der Waals surface area contributed by atoms with Gasteiger partial charge in [0.15, 0.2) is 0 Å². The van der Waals surface area contributed by atoms with Crippen LogP contribution in [0.5, 0.6) is 0 Å². The van der Waals surface area contributed by atoms with Gasteiger partial charge >= 0.3 is 5.97 Å². The average molecular weight is 315 g/mol. The van der Waals surface area contributed by atoms with E-state index < -0.39 is 17.9 Å². The number of hydrogen-bond donors (Lipinski definition) is 2. The molecular weight excluding hydrogens is 294 g/mol. The predicted molar refractivity (Wildman–Crippen MR) is 86.8 cm³/mol. The molecule has 6 heteroatoms. The minimum absolute atomic E-state index is 0.348. The average Bonchev–Trinajstić information content (AvgIpc) is 2.93. The topological polar surface area (TPSA) is 84.2 Å². The highest BCUT2D eigenvalue weighted by Crippen LogP contribution is 2.25. The van der Waals surface area contributed by atoms with Crippen LogP contribution in [-0.4, -0.2) is 32.8 Å². The van der Waals surface area contributed by atoms with E-state index in [-0.39, 0.29) is 5.41 Å². The highest BCUT2D eigenvalue weighted by atomic mass is 16.4. The van der Waals surface area contributed by atoms with E-state index in [2.05, 4.69) is 10.4 Å². The largest absolute Gasteiger partial charge is 0.480 e. The van der Waals surface area contributed by atoms with Gasteiger partial charge in [0.05, 0.1) is 16.9 Å². The number of benzene rings is 1. The highest BCUT2D eigenvalue weighted by molar-refractivity contribution is 5.97. The second kappa shape index (κ2) is 6.24. The summed E-state index contributed by atoms with van der Waals surface area (Å²) >= 11 is 0. The molecule has 0 aliphatic rings. The number of nitrogens with one attached hydrogen (secondary N) is 1. The monoisotopic (exact) mass is 315 g/mol. The molecule has 0 radical (unpaired) electrons. The van der Waals surface area contributed by atoms with Crippen LogP contribution in [0.2, 0.25) is 0 Å². The Morgan fingerprint density at radius 2 is 1.83 bits per heavy atom. The summed E-state index contributed by atoms with van der Waals surface area (Å²) in [4.78, 5) is 23.4. The number of aliphatic carboxylic acids is 1. The van der Waals surface area contributed by atoms with Gasteiger partial charge in [0.1, 0.15) is 6.04 Å². The first-order valence-corrected chi connectivity index (χ1v) is 7.39. The van der Waals surface area contributed by atoms with Crippen molar-refractivity contribution in [3.8, 4) is 5.69 Å². The normalized spacial score (nSPS) is 12.7. The smallest absolute Gasteiger partial charge is 0.325 e. The standard InChI is InChI=1S/C17H21N3O3/c1-11(16(22)23)18-15(21)13-10-20(12-8-6-5-7-9-12)19-14(13)17(2,3)4/h5-11H,1-4H3,(H,18,21)(H,22,23)/t11-/m0/s1. The zero-order valence-corrected chi connectivity index (χ0v) is 13.7. The fraction of sp³-hybridized carbons (Fsp3) is 0.353. The van der Waals surface area contributed by atoms with Gasteiger partial charge < -0.3 is 10.4 Å². The predicted octanol–water partition coefficient (Wildman–Crippen LogP) is 2.37. The van der Waals surface area contributed by atoms with Gasteiger partial charge in [-0.15, -0.1) is 0 Å². The molecular formula is C17H21N3O3. The van der Waals surface area contributed by atoms with Crippen LogP contribution in [0.4, 0.5) is 0 Å². The molecule has 1 heterocycles. The van der Waals surface area contributed by atoms with Crippen molar-refractivity contribution in [3.63, 3.8) is 0 Å². The second-order valence-corrected chi connectivity index (χ2v) is 6.45. The molecule has 1 atom stereocenters. The van der Waals surface area contributed by atoms with Gasteiger partial charge in [-0.3, -0.25) is 9.59 Å². The van der Waals surface area contributed by atoms with Crippen molar-refractivity contribution >= 4 is 11.9 Å². The third kappa shape index (κ3) is 3.77. The molecule has 0 aliphatic carbocycles. The number of rotatable bonds is 4. The molecule has 122 valence electrons. The number of hydrogen-bond acceptors (Lipinski definition) is 3. The van der Waals surface area contributed by atoms with Crippen molar-refractivity contribution in [1.82, 2.24) is 15.1 Å². The Labute approximate surface area is 135 Å². The molecule has 1 aromatic heterocycles. The fourth-order valence-electron chi connectivity index (χ4n) is 2.14. The number of carbonyl (C=O) groups is 2. The maximum atomic E-state index is 12.4. The highest BCUT2D eigenvalue weighted by Gasteiger charge is 2.27. The molecule has 0 aliphatic heterocycles. The molecule has 0 fully saturated rings. The molecule has 0 saturated carbocycles. The summed E-state index contributed by atoms with van der Waals surface area (Å²) < 4.78 is 1.64.